The molecule has 0 aromatic heterocycles. The Morgan fingerprint density at radius 1 is 1.22 bits per heavy atom. The summed E-state index contributed by atoms with van der Waals surface area (Å²) in [4.78, 5) is 22.4. The third kappa shape index (κ3) is 4.55. The number of rotatable bonds is 5. The maximum Gasteiger partial charge on any atom is 0.239 e. The topological polar surface area (TPSA) is 84.2 Å². The SMILES string of the molecule is Cc1ccc([C@@H](C)NC(=O)CNC(=O)CN)cc1. The summed E-state index contributed by atoms with van der Waals surface area (Å²) < 4.78 is 0. The number of nitrogens with one attached hydrogen (secondary N) is 2. The lowest BCUT2D eigenvalue weighted by Gasteiger charge is -2.14. The van der Waals surface area contributed by atoms with Crippen LogP contribution >= 0.6 is 0 Å². The summed E-state index contributed by atoms with van der Waals surface area (Å²) in [6.07, 6.45) is 0. The number of nitrogens with two attached hydrogens (primary N) is 1. The minimum absolute atomic E-state index is 0.0494. The Balaban J connectivity index is 2.44. The summed E-state index contributed by atoms with van der Waals surface area (Å²) in [5.41, 5.74) is 7.32. The molecule has 5 nitrogen and oxygen atoms in total. The van der Waals surface area contributed by atoms with Crippen molar-refractivity contribution >= 4 is 11.8 Å². The lowest BCUT2D eigenvalue weighted by molar-refractivity contribution is -0.125. The standard InChI is InChI=1S/C13H19N3O2/c1-9-3-5-11(6-4-9)10(2)16-13(18)8-15-12(17)7-14/h3-6,10H,7-8,14H2,1-2H3,(H,15,17)(H,16,18)/t10-/m1/s1. The first-order valence-electron chi connectivity index (χ1n) is 5.85. The highest BCUT2D eigenvalue weighted by Gasteiger charge is 2.09. The minimum Gasteiger partial charge on any atom is -0.348 e. The van der Waals surface area contributed by atoms with E-state index in [1.165, 1.54) is 5.56 Å². The van der Waals surface area contributed by atoms with Crippen LogP contribution in [-0.4, -0.2) is 24.9 Å². The molecule has 1 rings (SSSR count). The summed E-state index contributed by atoms with van der Waals surface area (Å²) in [5.74, 6) is -0.571. The first kappa shape index (κ1) is 14.2. The van der Waals surface area contributed by atoms with Gasteiger partial charge in [-0.15, -0.1) is 0 Å². The Bertz CT molecular complexity index is 415. The summed E-state index contributed by atoms with van der Waals surface area (Å²) >= 11 is 0. The fourth-order valence-electron chi connectivity index (χ4n) is 1.48. The van der Waals surface area contributed by atoms with Gasteiger partial charge in [0.2, 0.25) is 11.8 Å². The third-order valence-corrected chi connectivity index (χ3v) is 2.59. The molecule has 98 valence electrons. The molecule has 18 heavy (non-hydrogen) atoms. The number of hydrogen-bond acceptors (Lipinski definition) is 3. The van der Waals surface area contributed by atoms with Crippen LogP contribution in [0.1, 0.15) is 24.1 Å². The van der Waals surface area contributed by atoms with Crippen LogP contribution in [0.3, 0.4) is 0 Å². The van der Waals surface area contributed by atoms with Gasteiger partial charge in [-0.1, -0.05) is 29.8 Å². The predicted octanol–water partition coefficient (Wildman–Crippen LogP) is 0.247. The molecule has 0 heterocycles. The van der Waals surface area contributed by atoms with Crippen molar-refractivity contribution in [2.75, 3.05) is 13.1 Å². The molecule has 1 aromatic rings. The van der Waals surface area contributed by atoms with Crippen molar-refractivity contribution in [1.29, 1.82) is 0 Å². The molecular weight excluding hydrogens is 230 g/mol. The lowest BCUT2D eigenvalue weighted by Crippen LogP contribution is -2.40. The Labute approximate surface area is 107 Å². The summed E-state index contributed by atoms with van der Waals surface area (Å²) in [7, 11) is 0. The first-order valence-corrected chi connectivity index (χ1v) is 5.85. The number of hydrogen-bond donors (Lipinski definition) is 3. The molecule has 0 aliphatic rings. The van der Waals surface area contributed by atoms with Gasteiger partial charge in [-0.3, -0.25) is 9.59 Å². The van der Waals surface area contributed by atoms with E-state index in [1.54, 1.807) is 0 Å². The van der Waals surface area contributed by atoms with Crippen molar-refractivity contribution in [3.8, 4) is 0 Å². The summed E-state index contributed by atoms with van der Waals surface area (Å²) in [6, 6.07) is 7.84. The van der Waals surface area contributed by atoms with Gasteiger partial charge in [0.15, 0.2) is 0 Å². The molecule has 0 saturated carbocycles. The Hall–Kier alpha value is -1.88. The van der Waals surface area contributed by atoms with E-state index in [4.69, 9.17) is 5.73 Å². The largest absolute Gasteiger partial charge is 0.348 e. The van der Waals surface area contributed by atoms with Gasteiger partial charge in [-0.05, 0) is 19.4 Å². The van der Waals surface area contributed by atoms with Crippen LogP contribution < -0.4 is 16.4 Å². The van der Waals surface area contributed by atoms with E-state index in [0.29, 0.717) is 0 Å². The van der Waals surface area contributed by atoms with Crippen LogP contribution in [0.5, 0.6) is 0 Å². The fraction of sp³-hybridized carbons (Fsp3) is 0.385. The van der Waals surface area contributed by atoms with Crippen LogP contribution in [0.2, 0.25) is 0 Å². The van der Waals surface area contributed by atoms with Crippen LogP contribution in [-0.2, 0) is 9.59 Å². The molecule has 0 spiro atoms. The van der Waals surface area contributed by atoms with E-state index in [9.17, 15) is 9.59 Å². The van der Waals surface area contributed by atoms with Crippen LogP contribution in [0.15, 0.2) is 24.3 Å². The lowest BCUT2D eigenvalue weighted by atomic mass is 10.1. The van der Waals surface area contributed by atoms with Gasteiger partial charge in [-0.2, -0.15) is 0 Å². The quantitative estimate of drug-likeness (QED) is 0.699. The predicted molar refractivity (Wildman–Crippen MR) is 69.8 cm³/mol. The van der Waals surface area contributed by atoms with E-state index in [-0.39, 0.29) is 30.9 Å². The van der Waals surface area contributed by atoms with Crippen molar-refractivity contribution in [3.05, 3.63) is 35.4 Å². The highest BCUT2D eigenvalue weighted by atomic mass is 16.2. The third-order valence-electron chi connectivity index (χ3n) is 2.59. The van der Waals surface area contributed by atoms with Crippen LogP contribution in [0.4, 0.5) is 0 Å². The van der Waals surface area contributed by atoms with Crippen molar-refractivity contribution < 1.29 is 9.59 Å². The van der Waals surface area contributed by atoms with Crippen molar-refractivity contribution in [2.45, 2.75) is 19.9 Å². The van der Waals surface area contributed by atoms with Crippen molar-refractivity contribution in [1.82, 2.24) is 10.6 Å². The molecule has 0 fully saturated rings. The molecule has 0 saturated heterocycles. The number of carbonyl (C=O) groups excluding carboxylic acids is 2. The number of benzene rings is 1. The zero-order chi connectivity index (χ0) is 13.5. The number of carbonyl (C=O) groups is 2. The van der Waals surface area contributed by atoms with Gasteiger partial charge < -0.3 is 16.4 Å². The van der Waals surface area contributed by atoms with E-state index < -0.39 is 0 Å². The molecule has 5 heteroatoms. The molecule has 0 unspecified atom stereocenters. The van der Waals surface area contributed by atoms with E-state index in [0.717, 1.165) is 5.56 Å². The number of aryl methyl sites for hydroxylation is 1. The average molecular weight is 249 g/mol. The molecule has 0 bridgehead atoms. The summed E-state index contributed by atoms with van der Waals surface area (Å²) in [5, 5.41) is 5.22. The van der Waals surface area contributed by atoms with Gasteiger partial charge in [0.1, 0.15) is 0 Å². The minimum atomic E-state index is -0.340. The molecule has 4 N–H and O–H groups in total. The van der Waals surface area contributed by atoms with Crippen LogP contribution in [0.25, 0.3) is 0 Å². The van der Waals surface area contributed by atoms with Crippen LogP contribution in [0, 0.1) is 6.92 Å². The Morgan fingerprint density at radius 3 is 2.39 bits per heavy atom. The highest BCUT2D eigenvalue weighted by Crippen LogP contribution is 2.12. The maximum atomic E-state index is 11.5. The zero-order valence-corrected chi connectivity index (χ0v) is 10.7. The van der Waals surface area contributed by atoms with E-state index >= 15 is 0 Å². The average Bonchev–Trinajstić information content (AvgIpc) is 2.36. The van der Waals surface area contributed by atoms with Gasteiger partial charge in [0.25, 0.3) is 0 Å². The van der Waals surface area contributed by atoms with E-state index in [1.807, 2.05) is 38.1 Å². The molecule has 2 amide bonds. The fourth-order valence-corrected chi connectivity index (χ4v) is 1.48. The maximum absolute atomic E-state index is 11.5. The Morgan fingerprint density at radius 2 is 1.83 bits per heavy atom. The molecule has 0 radical (unpaired) electrons. The Kier molecular flexibility index (Phi) is 5.32. The van der Waals surface area contributed by atoms with Gasteiger partial charge in [0.05, 0.1) is 19.1 Å². The molecular formula is C13H19N3O2. The number of amides is 2. The molecule has 0 aliphatic carbocycles. The van der Waals surface area contributed by atoms with E-state index in [2.05, 4.69) is 10.6 Å². The normalized spacial score (nSPS) is 11.7. The zero-order valence-electron chi connectivity index (χ0n) is 10.7. The monoisotopic (exact) mass is 249 g/mol. The first-order chi connectivity index (χ1) is 8.52. The second-order valence-electron chi connectivity index (χ2n) is 4.18. The summed E-state index contributed by atoms with van der Waals surface area (Å²) in [6.45, 7) is 3.75. The second kappa shape index (κ2) is 6.76. The molecule has 1 aromatic carbocycles. The van der Waals surface area contributed by atoms with Crippen molar-refractivity contribution in [2.24, 2.45) is 5.73 Å². The molecule has 1 atom stereocenters. The molecule has 0 aliphatic heterocycles. The van der Waals surface area contributed by atoms with Gasteiger partial charge >= 0.3 is 0 Å². The smallest absolute Gasteiger partial charge is 0.239 e. The van der Waals surface area contributed by atoms with Crippen molar-refractivity contribution in [3.63, 3.8) is 0 Å². The van der Waals surface area contributed by atoms with Gasteiger partial charge in [-0.25, -0.2) is 0 Å². The second-order valence-corrected chi connectivity index (χ2v) is 4.18. The van der Waals surface area contributed by atoms with Gasteiger partial charge in [0, 0.05) is 0 Å². The highest BCUT2D eigenvalue weighted by molar-refractivity contribution is 5.85.